The van der Waals surface area contributed by atoms with Gasteiger partial charge in [0.25, 0.3) is 0 Å². The maximum atomic E-state index is 12.0. The summed E-state index contributed by atoms with van der Waals surface area (Å²) in [4.78, 5) is 23.0. The minimum Gasteiger partial charge on any atom is -0.481 e. The number of carboxylic acid groups (broad SMARTS) is 1. The number of benzene rings is 1. The smallest absolute Gasteiger partial charge is 0.319 e. The molecule has 0 saturated heterocycles. The van der Waals surface area contributed by atoms with Crippen molar-refractivity contribution in [3.8, 4) is 0 Å². The largest absolute Gasteiger partial charge is 0.481 e. The molecule has 2 unspecified atom stereocenters. The summed E-state index contributed by atoms with van der Waals surface area (Å²) in [5.74, 6) is -1.12. The van der Waals surface area contributed by atoms with E-state index in [9.17, 15) is 9.59 Å². The summed E-state index contributed by atoms with van der Waals surface area (Å²) in [6.07, 6.45) is 2.85. The molecule has 114 valence electrons. The fourth-order valence-corrected chi connectivity index (χ4v) is 2.95. The first-order valence-electron chi connectivity index (χ1n) is 7.02. The summed E-state index contributed by atoms with van der Waals surface area (Å²) >= 11 is 3.42. The highest BCUT2D eigenvalue weighted by Gasteiger charge is 2.27. The molecule has 0 aliphatic heterocycles. The molecule has 0 heterocycles. The summed E-state index contributed by atoms with van der Waals surface area (Å²) in [5, 5.41) is 14.7. The number of hydrogen-bond acceptors (Lipinski definition) is 2. The van der Waals surface area contributed by atoms with Crippen molar-refractivity contribution >= 4 is 33.6 Å². The van der Waals surface area contributed by atoms with Gasteiger partial charge in [-0.2, -0.15) is 0 Å². The SMILES string of the molecule is Cc1ccc(NC(=O)NC2CCCC(C(=O)O)C2)cc1Br. The van der Waals surface area contributed by atoms with Gasteiger partial charge in [0.2, 0.25) is 0 Å². The Morgan fingerprint density at radius 3 is 2.76 bits per heavy atom. The number of hydrogen-bond donors (Lipinski definition) is 3. The van der Waals surface area contributed by atoms with Gasteiger partial charge in [0.1, 0.15) is 0 Å². The number of anilines is 1. The van der Waals surface area contributed by atoms with Gasteiger partial charge in [-0.1, -0.05) is 28.4 Å². The average molecular weight is 355 g/mol. The number of carbonyl (C=O) groups is 2. The second-order valence-corrected chi connectivity index (χ2v) is 6.32. The first-order valence-corrected chi connectivity index (χ1v) is 7.81. The van der Waals surface area contributed by atoms with E-state index in [0.717, 1.165) is 22.9 Å². The molecular weight excluding hydrogens is 336 g/mol. The van der Waals surface area contributed by atoms with Gasteiger partial charge in [0, 0.05) is 16.2 Å². The van der Waals surface area contributed by atoms with Crippen LogP contribution in [0.5, 0.6) is 0 Å². The number of carboxylic acids is 1. The van der Waals surface area contributed by atoms with E-state index >= 15 is 0 Å². The molecule has 0 aromatic heterocycles. The van der Waals surface area contributed by atoms with E-state index in [4.69, 9.17) is 5.11 Å². The number of halogens is 1. The van der Waals surface area contributed by atoms with Gasteiger partial charge in [0.05, 0.1) is 5.92 Å². The van der Waals surface area contributed by atoms with E-state index in [2.05, 4.69) is 26.6 Å². The van der Waals surface area contributed by atoms with Crippen molar-refractivity contribution in [2.45, 2.75) is 38.6 Å². The number of rotatable bonds is 3. The van der Waals surface area contributed by atoms with E-state index in [1.54, 1.807) is 0 Å². The van der Waals surface area contributed by atoms with Crippen molar-refractivity contribution in [2.75, 3.05) is 5.32 Å². The Morgan fingerprint density at radius 1 is 1.33 bits per heavy atom. The number of amides is 2. The normalized spacial score (nSPS) is 21.6. The van der Waals surface area contributed by atoms with Crippen LogP contribution in [0.2, 0.25) is 0 Å². The zero-order valence-corrected chi connectivity index (χ0v) is 13.4. The number of nitrogens with one attached hydrogen (secondary N) is 2. The molecule has 6 heteroatoms. The number of urea groups is 1. The van der Waals surface area contributed by atoms with E-state index in [0.29, 0.717) is 18.5 Å². The maximum absolute atomic E-state index is 12.0. The Hall–Kier alpha value is -1.56. The molecule has 21 heavy (non-hydrogen) atoms. The van der Waals surface area contributed by atoms with Gasteiger partial charge in [-0.25, -0.2) is 4.79 Å². The zero-order chi connectivity index (χ0) is 15.4. The first kappa shape index (κ1) is 15.8. The highest BCUT2D eigenvalue weighted by Crippen LogP contribution is 2.25. The summed E-state index contributed by atoms with van der Waals surface area (Å²) in [5.41, 5.74) is 1.80. The lowest BCUT2D eigenvalue weighted by Gasteiger charge is -2.27. The minimum atomic E-state index is -0.774. The van der Waals surface area contributed by atoms with Gasteiger partial charge in [0.15, 0.2) is 0 Å². The highest BCUT2D eigenvalue weighted by molar-refractivity contribution is 9.10. The number of carbonyl (C=O) groups excluding carboxylic acids is 1. The monoisotopic (exact) mass is 354 g/mol. The van der Waals surface area contributed by atoms with Crippen LogP contribution < -0.4 is 10.6 Å². The van der Waals surface area contributed by atoms with Crippen molar-refractivity contribution < 1.29 is 14.7 Å². The molecule has 1 aliphatic carbocycles. The third-order valence-corrected chi connectivity index (χ3v) is 4.64. The van der Waals surface area contributed by atoms with Crippen molar-refractivity contribution in [1.82, 2.24) is 5.32 Å². The average Bonchev–Trinajstić information content (AvgIpc) is 2.43. The summed E-state index contributed by atoms with van der Waals surface area (Å²) in [7, 11) is 0. The molecule has 1 fully saturated rings. The molecule has 2 atom stereocenters. The van der Waals surface area contributed by atoms with Crippen LogP contribution in [-0.4, -0.2) is 23.1 Å². The minimum absolute atomic E-state index is 0.0752. The van der Waals surface area contributed by atoms with Crippen molar-refractivity contribution in [3.63, 3.8) is 0 Å². The summed E-state index contributed by atoms with van der Waals surface area (Å²) in [6.45, 7) is 1.97. The van der Waals surface area contributed by atoms with E-state index < -0.39 is 5.97 Å². The highest BCUT2D eigenvalue weighted by atomic mass is 79.9. The van der Waals surface area contributed by atoms with Gasteiger partial charge < -0.3 is 15.7 Å². The maximum Gasteiger partial charge on any atom is 0.319 e. The standard InChI is InChI=1S/C15H19BrN2O3/c1-9-5-6-12(8-13(9)16)18-15(21)17-11-4-2-3-10(7-11)14(19)20/h5-6,8,10-11H,2-4,7H2,1H3,(H,19,20)(H2,17,18,21). The van der Waals surface area contributed by atoms with Gasteiger partial charge >= 0.3 is 12.0 Å². The Bertz CT molecular complexity index is 548. The van der Waals surface area contributed by atoms with Crippen molar-refractivity contribution in [1.29, 1.82) is 0 Å². The van der Waals surface area contributed by atoms with Crippen LogP contribution in [0.4, 0.5) is 10.5 Å². The number of aryl methyl sites for hydroxylation is 1. The van der Waals surface area contributed by atoms with Crippen LogP contribution in [0, 0.1) is 12.8 Å². The molecule has 5 nitrogen and oxygen atoms in total. The fourth-order valence-electron chi connectivity index (χ4n) is 2.57. The molecule has 2 rings (SSSR count). The predicted molar refractivity (Wildman–Crippen MR) is 84.4 cm³/mol. The zero-order valence-electron chi connectivity index (χ0n) is 11.9. The molecule has 0 radical (unpaired) electrons. The quantitative estimate of drug-likeness (QED) is 0.776. The third-order valence-electron chi connectivity index (χ3n) is 3.79. The molecule has 0 spiro atoms. The van der Waals surface area contributed by atoms with Crippen molar-refractivity contribution in [3.05, 3.63) is 28.2 Å². The second kappa shape index (κ2) is 6.93. The Morgan fingerprint density at radius 2 is 2.10 bits per heavy atom. The molecule has 1 aromatic rings. The Balaban J connectivity index is 1.89. The van der Waals surface area contributed by atoms with Gasteiger partial charge in [-0.15, -0.1) is 0 Å². The Kier molecular flexibility index (Phi) is 5.22. The van der Waals surface area contributed by atoms with Crippen LogP contribution in [0.25, 0.3) is 0 Å². The molecule has 1 saturated carbocycles. The van der Waals surface area contributed by atoms with Gasteiger partial charge in [-0.05, 0) is 43.9 Å². The van der Waals surface area contributed by atoms with Crippen LogP contribution in [-0.2, 0) is 4.79 Å². The third kappa shape index (κ3) is 4.46. The van der Waals surface area contributed by atoms with Crippen LogP contribution >= 0.6 is 15.9 Å². The molecule has 2 amide bonds. The Labute approximate surface area is 132 Å². The van der Waals surface area contributed by atoms with E-state index in [-0.39, 0.29) is 18.0 Å². The predicted octanol–water partition coefficient (Wildman–Crippen LogP) is 3.52. The molecule has 1 aliphatic rings. The summed E-state index contributed by atoms with van der Waals surface area (Å²) in [6, 6.07) is 5.23. The summed E-state index contributed by atoms with van der Waals surface area (Å²) < 4.78 is 0.934. The second-order valence-electron chi connectivity index (χ2n) is 5.46. The number of aliphatic carboxylic acids is 1. The lowest BCUT2D eigenvalue weighted by atomic mass is 9.86. The topological polar surface area (TPSA) is 78.4 Å². The fraction of sp³-hybridized carbons (Fsp3) is 0.467. The van der Waals surface area contributed by atoms with Crippen LogP contribution in [0.1, 0.15) is 31.2 Å². The van der Waals surface area contributed by atoms with Crippen molar-refractivity contribution in [2.24, 2.45) is 5.92 Å². The molecule has 3 N–H and O–H groups in total. The van der Waals surface area contributed by atoms with Crippen LogP contribution in [0.15, 0.2) is 22.7 Å². The van der Waals surface area contributed by atoms with Gasteiger partial charge in [-0.3, -0.25) is 4.79 Å². The van der Waals surface area contributed by atoms with Crippen LogP contribution in [0.3, 0.4) is 0 Å². The molecule has 1 aromatic carbocycles. The first-order chi connectivity index (χ1) is 9.95. The lowest BCUT2D eigenvalue weighted by Crippen LogP contribution is -2.42. The molecular formula is C15H19BrN2O3. The lowest BCUT2D eigenvalue weighted by molar-refractivity contribution is -0.143. The van der Waals surface area contributed by atoms with E-state index in [1.165, 1.54) is 0 Å². The van der Waals surface area contributed by atoms with E-state index in [1.807, 2.05) is 25.1 Å². The molecule has 0 bridgehead atoms.